The lowest BCUT2D eigenvalue weighted by atomic mass is 10.0. The first-order valence-electron chi connectivity index (χ1n) is 8.80. The average Bonchev–Trinajstić information content (AvgIpc) is 2.72. The van der Waals surface area contributed by atoms with Gasteiger partial charge in [-0.05, 0) is 20.8 Å². The molecule has 0 aliphatic heterocycles. The minimum absolute atomic E-state index is 0.270. The minimum atomic E-state index is -4.63. The largest absolute Gasteiger partial charge is 0.543 e. The second-order valence-electron chi connectivity index (χ2n) is 5.81. The normalized spacial score (nSPS) is 12.0. The lowest BCUT2D eigenvalue weighted by molar-refractivity contribution is 0.0840. The number of hydrogen-bond donors (Lipinski definition) is 0. The molecule has 0 aliphatic rings. The molecule has 0 heterocycles. The van der Waals surface area contributed by atoms with E-state index in [-0.39, 0.29) is 19.8 Å². The maximum atomic E-state index is 14.9. The van der Waals surface area contributed by atoms with E-state index in [1.165, 1.54) is 20.8 Å². The van der Waals surface area contributed by atoms with Gasteiger partial charge in [-0.1, -0.05) is 0 Å². The summed E-state index contributed by atoms with van der Waals surface area (Å²) in [4.78, 5) is 0. The van der Waals surface area contributed by atoms with Crippen LogP contribution < -0.4 is 5.19 Å². The van der Waals surface area contributed by atoms with Crippen LogP contribution in [-0.2, 0) is 13.3 Å². The van der Waals surface area contributed by atoms with Crippen molar-refractivity contribution in [3.8, 4) is 11.1 Å². The Bertz CT molecular complexity index is 925. The van der Waals surface area contributed by atoms with E-state index >= 15 is 0 Å². The smallest absolute Gasteiger partial charge is 0.370 e. The number of benzene rings is 2. The summed E-state index contributed by atoms with van der Waals surface area (Å²) in [6.07, 6.45) is 0. The Morgan fingerprint density at radius 1 is 0.452 bits per heavy atom. The molecule has 0 N–H and O–H groups in total. The molecule has 3 nitrogen and oxygen atoms in total. The first kappa shape index (κ1) is 25.2. The highest BCUT2D eigenvalue weighted by Crippen LogP contribution is 2.36. The molecule has 0 fully saturated rings. The van der Waals surface area contributed by atoms with E-state index in [1.54, 1.807) is 0 Å². The van der Waals surface area contributed by atoms with Gasteiger partial charge in [-0.25, -0.2) is 39.5 Å². The third kappa shape index (κ3) is 4.06. The fraction of sp³-hybridized carbons (Fsp3) is 0.333. The molecule has 0 atom stereocenters. The SMILES string of the molecule is CCO[Si](OCC)(OCC)c1c(F)c(F)c(-c2c(F)c(F)c(F)c(F)c2F)c(F)c1F. The summed E-state index contributed by atoms with van der Waals surface area (Å²) in [5.41, 5.74) is -4.30. The zero-order chi connectivity index (χ0) is 23.7. The van der Waals surface area contributed by atoms with Crippen LogP contribution in [0, 0.1) is 52.4 Å². The Labute approximate surface area is 171 Å². The summed E-state index contributed by atoms with van der Waals surface area (Å²) in [6.45, 7) is 3.29. The van der Waals surface area contributed by atoms with Crippen molar-refractivity contribution in [2.45, 2.75) is 20.8 Å². The van der Waals surface area contributed by atoms with Crippen molar-refractivity contribution in [2.24, 2.45) is 0 Å². The van der Waals surface area contributed by atoms with Gasteiger partial charge in [0.15, 0.2) is 46.5 Å². The molecule has 0 saturated heterocycles. The topological polar surface area (TPSA) is 27.7 Å². The molecule has 13 heteroatoms. The summed E-state index contributed by atoms with van der Waals surface area (Å²) in [6, 6.07) is 0. The van der Waals surface area contributed by atoms with Crippen LogP contribution in [0.5, 0.6) is 0 Å². The molecule has 0 radical (unpaired) electrons. The van der Waals surface area contributed by atoms with Crippen molar-refractivity contribution in [1.29, 1.82) is 0 Å². The van der Waals surface area contributed by atoms with E-state index in [9.17, 15) is 39.5 Å². The number of rotatable bonds is 8. The lowest BCUT2D eigenvalue weighted by Crippen LogP contribution is -2.60. The monoisotopic (exact) mass is 478 g/mol. The van der Waals surface area contributed by atoms with Gasteiger partial charge in [0.2, 0.25) is 5.82 Å². The van der Waals surface area contributed by atoms with Crippen molar-refractivity contribution in [3.63, 3.8) is 0 Å². The highest BCUT2D eigenvalue weighted by molar-refractivity contribution is 6.75. The molecule has 2 aromatic carbocycles. The first-order valence-corrected chi connectivity index (χ1v) is 10.5. The second kappa shape index (κ2) is 9.59. The van der Waals surface area contributed by atoms with Crippen molar-refractivity contribution in [3.05, 3.63) is 52.4 Å². The van der Waals surface area contributed by atoms with Gasteiger partial charge in [-0.2, -0.15) is 0 Å². The zero-order valence-corrected chi connectivity index (χ0v) is 17.2. The van der Waals surface area contributed by atoms with Crippen molar-refractivity contribution >= 4 is 14.0 Å². The average molecular weight is 478 g/mol. The van der Waals surface area contributed by atoms with Crippen LogP contribution >= 0.6 is 0 Å². The van der Waals surface area contributed by atoms with Gasteiger partial charge >= 0.3 is 8.80 Å². The van der Waals surface area contributed by atoms with Gasteiger partial charge in [0.05, 0.1) is 16.3 Å². The molecule has 0 unspecified atom stereocenters. The van der Waals surface area contributed by atoms with Gasteiger partial charge in [0.1, 0.15) is 0 Å². The Kier molecular flexibility index (Phi) is 7.78. The van der Waals surface area contributed by atoms with Gasteiger partial charge in [0, 0.05) is 19.8 Å². The first-order chi connectivity index (χ1) is 14.5. The molecule has 31 heavy (non-hydrogen) atoms. The van der Waals surface area contributed by atoms with Gasteiger partial charge in [0.25, 0.3) is 0 Å². The molecule has 0 bridgehead atoms. The summed E-state index contributed by atoms with van der Waals surface area (Å²) < 4.78 is 143. The molecule has 0 aromatic heterocycles. The van der Waals surface area contributed by atoms with Crippen molar-refractivity contribution in [2.75, 3.05) is 19.8 Å². The molecule has 0 amide bonds. The van der Waals surface area contributed by atoms with E-state index in [4.69, 9.17) is 13.3 Å². The highest BCUT2D eigenvalue weighted by Gasteiger charge is 2.51. The quantitative estimate of drug-likeness (QED) is 0.235. The van der Waals surface area contributed by atoms with Crippen LogP contribution in [0.3, 0.4) is 0 Å². The summed E-state index contributed by atoms with van der Waals surface area (Å²) in [5.74, 6) is -22.4. The van der Waals surface area contributed by atoms with Crippen molar-refractivity contribution in [1.82, 2.24) is 0 Å². The van der Waals surface area contributed by atoms with Crippen LogP contribution in [-0.4, -0.2) is 28.6 Å². The van der Waals surface area contributed by atoms with Crippen LogP contribution in [0.4, 0.5) is 39.5 Å². The molecule has 0 saturated carbocycles. The van der Waals surface area contributed by atoms with Gasteiger partial charge in [-0.15, -0.1) is 0 Å². The molecule has 0 spiro atoms. The van der Waals surface area contributed by atoms with Crippen LogP contribution in [0.1, 0.15) is 20.8 Å². The minimum Gasteiger partial charge on any atom is -0.370 e. The van der Waals surface area contributed by atoms with E-state index in [0.717, 1.165) is 0 Å². The Morgan fingerprint density at radius 3 is 1.00 bits per heavy atom. The lowest BCUT2D eigenvalue weighted by Gasteiger charge is -2.29. The number of hydrogen-bond acceptors (Lipinski definition) is 3. The van der Waals surface area contributed by atoms with Gasteiger partial charge < -0.3 is 13.3 Å². The standard InChI is InChI=1S/C18H15F9O3Si/c1-4-28-31(29-5-2,30-6-3)18-16(26)11(21)8(12(22)17(18)27)7-9(19)13(23)15(25)14(24)10(7)20/h4-6H2,1-3H3. The summed E-state index contributed by atoms with van der Waals surface area (Å²) >= 11 is 0. The molecular formula is C18H15F9O3Si. The predicted octanol–water partition coefficient (Wildman–Crippen LogP) is 4.86. The van der Waals surface area contributed by atoms with E-state index in [0.29, 0.717) is 0 Å². The van der Waals surface area contributed by atoms with Crippen LogP contribution in [0.15, 0.2) is 0 Å². The third-order valence-electron chi connectivity index (χ3n) is 4.03. The van der Waals surface area contributed by atoms with Gasteiger partial charge in [-0.3, -0.25) is 0 Å². The highest BCUT2D eigenvalue weighted by atomic mass is 28.4. The van der Waals surface area contributed by atoms with Crippen LogP contribution in [0.25, 0.3) is 11.1 Å². The molecule has 2 aromatic rings. The van der Waals surface area contributed by atoms with Crippen molar-refractivity contribution < 1.29 is 52.8 Å². The maximum absolute atomic E-state index is 14.9. The summed E-state index contributed by atoms with van der Waals surface area (Å²) in [7, 11) is -4.63. The number of halogens is 9. The van der Waals surface area contributed by atoms with E-state index < -0.39 is 77.5 Å². The van der Waals surface area contributed by atoms with E-state index in [1.807, 2.05) is 0 Å². The Hall–Kier alpha value is -2.09. The molecular weight excluding hydrogens is 463 g/mol. The fourth-order valence-corrected chi connectivity index (χ4v) is 5.44. The Morgan fingerprint density at radius 2 is 0.710 bits per heavy atom. The second-order valence-corrected chi connectivity index (χ2v) is 8.28. The third-order valence-corrected chi connectivity index (χ3v) is 7.09. The predicted molar refractivity (Wildman–Crippen MR) is 91.8 cm³/mol. The maximum Gasteiger partial charge on any atom is 0.543 e. The van der Waals surface area contributed by atoms with E-state index in [2.05, 4.69) is 0 Å². The Balaban J connectivity index is 2.97. The fourth-order valence-electron chi connectivity index (χ4n) is 2.86. The zero-order valence-electron chi connectivity index (χ0n) is 16.2. The molecule has 0 aliphatic carbocycles. The van der Waals surface area contributed by atoms with Crippen LogP contribution in [0.2, 0.25) is 0 Å². The summed E-state index contributed by atoms with van der Waals surface area (Å²) in [5, 5.41) is -1.44. The molecule has 172 valence electrons. The molecule has 2 rings (SSSR count).